The molecule has 3 rings (SSSR count). The lowest BCUT2D eigenvalue weighted by atomic mass is 9.98. The summed E-state index contributed by atoms with van der Waals surface area (Å²) < 4.78 is 13.0. The Labute approximate surface area is 166 Å². The van der Waals surface area contributed by atoms with Crippen molar-refractivity contribution in [2.75, 3.05) is 11.9 Å². The molecule has 1 saturated heterocycles. The number of carbonyl (C=O) groups excluding carboxylic acids is 2. The van der Waals surface area contributed by atoms with Crippen molar-refractivity contribution in [3.05, 3.63) is 45.7 Å². The fourth-order valence-corrected chi connectivity index (χ4v) is 4.20. The van der Waals surface area contributed by atoms with Crippen LogP contribution in [0.15, 0.2) is 24.3 Å². The predicted molar refractivity (Wildman–Crippen MR) is 104 cm³/mol. The number of halogens is 1. The number of aryl methyl sites for hydroxylation is 1. The Kier molecular flexibility index (Phi) is 6.71. The number of rotatable bonds is 5. The number of hydrogen-bond donors (Lipinski definition) is 4. The van der Waals surface area contributed by atoms with Crippen LogP contribution < -0.4 is 16.0 Å². The number of thiazole rings is 1. The number of benzene rings is 1. The van der Waals surface area contributed by atoms with E-state index < -0.39 is 23.7 Å². The monoisotopic (exact) mass is 406 g/mol. The van der Waals surface area contributed by atoms with Crippen LogP contribution in [0.2, 0.25) is 0 Å². The molecule has 0 bridgehead atoms. The number of aliphatic hydroxyl groups is 1. The molecule has 2 atom stereocenters. The maximum atomic E-state index is 13.0. The molecule has 1 fully saturated rings. The molecule has 0 saturated carbocycles. The number of carbonyl (C=O) groups is 2. The van der Waals surface area contributed by atoms with Crippen LogP contribution in [0.1, 0.15) is 40.9 Å². The van der Waals surface area contributed by atoms with Crippen LogP contribution >= 0.6 is 11.3 Å². The van der Waals surface area contributed by atoms with Crippen molar-refractivity contribution in [1.29, 1.82) is 0 Å². The highest BCUT2D eigenvalue weighted by molar-refractivity contribution is 7.11. The van der Waals surface area contributed by atoms with Gasteiger partial charge in [0.2, 0.25) is 0 Å². The first-order valence-corrected chi connectivity index (χ1v) is 9.97. The molecular formula is C19H23FN4O3S. The Morgan fingerprint density at radius 1 is 1.32 bits per heavy atom. The highest BCUT2D eigenvalue weighted by Crippen LogP contribution is 2.29. The summed E-state index contributed by atoms with van der Waals surface area (Å²) in [5, 5.41) is 18.7. The first-order valence-electron chi connectivity index (χ1n) is 9.16. The van der Waals surface area contributed by atoms with Gasteiger partial charge in [-0.25, -0.2) is 9.37 Å². The number of anilines is 1. The summed E-state index contributed by atoms with van der Waals surface area (Å²) in [5.41, 5.74) is 1.05. The lowest BCUT2D eigenvalue weighted by Crippen LogP contribution is -2.48. The van der Waals surface area contributed by atoms with E-state index >= 15 is 0 Å². The molecule has 150 valence electrons. The van der Waals surface area contributed by atoms with Gasteiger partial charge in [-0.15, -0.1) is 11.3 Å². The van der Waals surface area contributed by atoms with E-state index in [9.17, 15) is 19.1 Å². The Balaban J connectivity index is 1.74. The third kappa shape index (κ3) is 4.92. The van der Waals surface area contributed by atoms with Gasteiger partial charge in [0.25, 0.3) is 0 Å². The summed E-state index contributed by atoms with van der Waals surface area (Å²) >= 11 is 1.33. The topological polar surface area (TPSA) is 103 Å². The van der Waals surface area contributed by atoms with Gasteiger partial charge < -0.3 is 21.1 Å². The Hall–Kier alpha value is -2.36. The first-order chi connectivity index (χ1) is 13.5. The van der Waals surface area contributed by atoms with Gasteiger partial charge in [-0.3, -0.25) is 9.59 Å². The highest BCUT2D eigenvalue weighted by Gasteiger charge is 2.31. The second-order valence-corrected chi connectivity index (χ2v) is 7.80. The third-order valence-corrected chi connectivity index (χ3v) is 5.89. The van der Waals surface area contributed by atoms with Crippen LogP contribution in [0.3, 0.4) is 0 Å². The standard InChI is InChI=1S/C19H23FN4O3S/c1-11-15(10-25)28-19(22-11)16(14-4-2-3-9-21-14)24-18(27)17(26)23-13-7-5-12(20)6-8-13/h5-8,14,16,21,25H,2-4,9-10H2,1H3,(H,23,26)(H,24,27). The molecule has 2 aromatic rings. The largest absolute Gasteiger partial charge is 0.391 e. The molecule has 4 N–H and O–H groups in total. The molecule has 0 aliphatic carbocycles. The zero-order valence-corrected chi connectivity index (χ0v) is 16.3. The van der Waals surface area contributed by atoms with Crippen molar-refractivity contribution in [1.82, 2.24) is 15.6 Å². The summed E-state index contributed by atoms with van der Waals surface area (Å²) in [4.78, 5) is 30.0. The van der Waals surface area contributed by atoms with E-state index in [1.165, 1.54) is 35.6 Å². The third-order valence-electron chi connectivity index (χ3n) is 4.66. The van der Waals surface area contributed by atoms with Crippen molar-refractivity contribution in [3.63, 3.8) is 0 Å². The second kappa shape index (κ2) is 9.22. The number of amides is 2. The SMILES string of the molecule is Cc1nc(C(NC(=O)C(=O)Nc2ccc(F)cc2)C2CCCCN2)sc1CO. The molecule has 1 aliphatic rings. The summed E-state index contributed by atoms with van der Waals surface area (Å²) in [7, 11) is 0. The zero-order chi connectivity index (χ0) is 20.1. The minimum Gasteiger partial charge on any atom is -0.391 e. The first kappa shape index (κ1) is 20.4. The number of piperidine rings is 1. The minimum atomic E-state index is -0.830. The number of nitrogens with zero attached hydrogens (tertiary/aromatic N) is 1. The Bertz CT molecular complexity index is 834. The van der Waals surface area contributed by atoms with Crippen LogP contribution in [0.25, 0.3) is 0 Å². The average Bonchev–Trinajstić information content (AvgIpc) is 3.08. The number of aliphatic hydroxyl groups excluding tert-OH is 1. The maximum Gasteiger partial charge on any atom is 0.313 e. The second-order valence-electron chi connectivity index (χ2n) is 6.69. The van der Waals surface area contributed by atoms with E-state index in [1.807, 2.05) is 0 Å². The van der Waals surface area contributed by atoms with Gasteiger partial charge in [0.05, 0.1) is 23.2 Å². The van der Waals surface area contributed by atoms with Crippen LogP contribution in [0.4, 0.5) is 10.1 Å². The molecule has 2 amide bonds. The van der Waals surface area contributed by atoms with Gasteiger partial charge in [0.15, 0.2) is 0 Å². The average molecular weight is 406 g/mol. The maximum absolute atomic E-state index is 13.0. The Morgan fingerprint density at radius 2 is 2.07 bits per heavy atom. The lowest BCUT2D eigenvalue weighted by molar-refractivity contribution is -0.136. The molecule has 28 heavy (non-hydrogen) atoms. The lowest BCUT2D eigenvalue weighted by Gasteiger charge is -2.30. The molecule has 9 heteroatoms. The van der Waals surface area contributed by atoms with E-state index in [1.54, 1.807) is 6.92 Å². The van der Waals surface area contributed by atoms with Gasteiger partial charge >= 0.3 is 11.8 Å². The molecule has 7 nitrogen and oxygen atoms in total. The fraction of sp³-hybridized carbons (Fsp3) is 0.421. The molecule has 2 heterocycles. The van der Waals surface area contributed by atoms with Gasteiger partial charge in [-0.05, 0) is 50.6 Å². The quantitative estimate of drug-likeness (QED) is 0.569. The normalized spacial score (nSPS) is 17.8. The molecule has 2 unspecified atom stereocenters. The van der Waals surface area contributed by atoms with E-state index in [0.29, 0.717) is 16.4 Å². The number of aromatic nitrogens is 1. The Morgan fingerprint density at radius 3 is 2.68 bits per heavy atom. The zero-order valence-electron chi connectivity index (χ0n) is 15.5. The van der Waals surface area contributed by atoms with Crippen molar-refractivity contribution in [2.24, 2.45) is 0 Å². The molecule has 0 radical (unpaired) electrons. The van der Waals surface area contributed by atoms with Gasteiger partial charge in [0.1, 0.15) is 10.8 Å². The van der Waals surface area contributed by atoms with Crippen LogP contribution in [0, 0.1) is 12.7 Å². The van der Waals surface area contributed by atoms with Crippen molar-refractivity contribution < 1.29 is 19.1 Å². The number of nitrogens with one attached hydrogen (secondary N) is 3. The van der Waals surface area contributed by atoms with E-state index in [0.717, 1.165) is 30.7 Å². The summed E-state index contributed by atoms with van der Waals surface area (Å²) in [6, 6.07) is 4.66. The summed E-state index contributed by atoms with van der Waals surface area (Å²) in [6.45, 7) is 2.52. The summed E-state index contributed by atoms with van der Waals surface area (Å²) in [5.74, 6) is -2.05. The van der Waals surface area contributed by atoms with Crippen LogP contribution in [-0.2, 0) is 16.2 Å². The van der Waals surface area contributed by atoms with Gasteiger partial charge in [-0.1, -0.05) is 6.42 Å². The van der Waals surface area contributed by atoms with E-state index in [4.69, 9.17) is 0 Å². The molecule has 1 aromatic carbocycles. The van der Waals surface area contributed by atoms with Crippen molar-refractivity contribution in [3.8, 4) is 0 Å². The van der Waals surface area contributed by atoms with Crippen LogP contribution in [0.5, 0.6) is 0 Å². The van der Waals surface area contributed by atoms with Crippen LogP contribution in [-0.4, -0.2) is 34.5 Å². The number of hydrogen-bond acceptors (Lipinski definition) is 6. The smallest absolute Gasteiger partial charge is 0.313 e. The molecule has 1 aliphatic heterocycles. The summed E-state index contributed by atoms with van der Waals surface area (Å²) in [6.07, 6.45) is 2.92. The molecule has 1 aromatic heterocycles. The predicted octanol–water partition coefficient (Wildman–Crippen LogP) is 2.02. The fourth-order valence-electron chi connectivity index (χ4n) is 3.16. The highest BCUT2D eigenvalue weighted by atomic mass is 32.1. The van der Waals surface area contributed by atoms with Gasteiger partial charge in [-0.2, -0.15) is 0 Å². The molecular weight excluding hydrogens is 383 g/mol. The van der Waals surface area contributed by atoms with Gasteiger partial charge in [0, 0.05) is 11.7 Å². The van der Waals surface area contributed by atoms with Crippen molar-refractivity contribution in [2.45, 2.75) is 44.9 Å². The van der Waals surface area contributed by atoms with E-state index in [-0.39, 0.29) is 12.6 Å². The van der Waals surface area contributed by atoms with E-state index in [2.05, 4.69) is 20.9 Å². The minimum absolute atomic E-state index is 0.0478. The van der Waals surface area contributed by atoms with Crippen molar-refractivity contribution >= 4 is 28.8 Å². The molecule has 0 spiro atoms.